The van der Waals surface area contributed by atoms with E-state index in [4.69, 9.17) is 0 Å². The van der Waals surface area contributed by atoms with E-state index in [9.17, 15) is 0 Å². The van der Waals surface area contributed by atoms with Gasteiger partial charge in [0, 0.05) is 57.1 Å². The normalized spacial score (nSPS) is 11.3. The van der Waals surface area contributed by atoms with E-state index in [2.05, 4.69) is 74.8 Å². The molecule has 0 aromatic carbocycles. The Morgan fingerprint density at radius 3 is 1.48 bits per heavy atom. The van der Waals surface area contributed by atoms with Crippen LogP contribution in [0.2, 0.25) is 0 Å². The van der Waals surface area contributed by atoms with Crippen LogP contribution in [-0.2, 0) is 39.3 Å². The zero-order valence-electron chi connectivity index (χ0n) is 16.9. The summed E-state index contributed by atoms with van der Waals surface area (Å²) >= 11 is 0. The fourth-order valence-electron chi connectivity index (χ4n) is 3.55. The van der Waals surface area contributed by atoms with Gasteiger partial charge in [-0.15, -0.1) is 0 Å². The fraction of sp³-hybridized carbons (Fsp3) is 0.429. The summed E-state index contributed by atoms with van der Waals surface area (Å²) in [6, 6.07) is 0. The summed E-state index contributed by atoms with van der Waals surface area (Å²) in [5, 5.41) is 0. The Bertz CT molecular complexity index is 870. The number of nitrogens with zero attached hydrogens (tertiary/aromatic N) is 8. The van der Waals surface area contributed by atoms with Gasteiger partial charge in [0.15, 0.2) is 0 Å². The largest absolute Gasteiger partial charge is 0.337 e. The Kier molecular flexibility index (Phi) is 6.52. The Hall–Kier alpha value is -3.16. The monoisotopic (exact) mass is 394 g/mol. The first-order chi connectivity index (χ1) is 14.3. The van der Waals surface area contributed by atoms with Crippen LogP contribution in [0.15, 0.2) is 74.9 Å². The maximum absolute atomic E-state index is 4.08. The van der Waals surface area contributed by atoms with Crippen molar-refractivity contribution in [2.45, 2.75) is 58.5 Å². The van der Waals surface area contributed by atoms with Gasteiger partial charge in [-0.1, -0.05) is 0 Å². The Labute approximate surface area is 171 Å². The second-order valence-electron chi connectivity index (χ2n) is 7.44. The van der Waals surface area contributed by atoms with E-state index in [1.165, 1.54) is 0 Å². The number of imidazole rings is 4. The molecule has 4 aromatic heterocycles. The Morgan fingerprint density at radius 1 is 0.552 bits per heavy atom. The summed E-state index contributed by atoms with van der Waals surface area (Å²) in [4.78, 5) is 8.17. The molecule has 0 amide bonds. The predicted molar refractivity (Wildman–Crippen MR) is 108 cm³/mol. The van der Waals surface area contributed by atoms with Gasteiger partial charge in [-0.3, -0.25) is 0 Å². The summed E-state index contributed by atoms with van der Waals surface area (Å²) in [6.07, 6.45) is 27.9. The molecule has 0 fully saturated rings. The molecule has 0 radical (unpaired) electrons. The molecule has 0 saturated heterocycles. The molecule has 0 atom stereocenters. The van der Waals surface area contributed by atoms with Crippen molar-refractivity contribution in [2.75, 3.05) is 0 Å². The Balaban J connectivity index is 1.13. The molecule has 4 heterocycles. The first-order valence-electron chi connectivity index (χ1n) is 10.4. The predicted octanol–water partition coefficient (Wildman–Crippen LogP) is 1.53. The zero-order chi connectivity index (χ0) is 19.7. The second-order valence-corrected chi connectivity index (χ2v) is 7.44. The van der Waals surface area contributed by atoms with Gasteiger partial charge in [0.2, 0.25) is 12.7 Å². The molecule has 0 aliphatic heterocycles. The van der Waals surface area contributed by atoms with Crippen LogP contribution >= 0.6 is 0 Å². The van der Waals surface area contributed by atoms with E-state index in [1.54, 1.807) is 0 Å². The lowest BCUT2D eigenvalue weighted by molar-refractivity contribution is -0.726. The van der Waals surface area contributed by atoms with Crippen molar-refractivity contribution in [3.63, 3.8) is 0 Å². The van der Waals surface area contributed by atoms with Crippen molar-refractivity contribution in [2.24, 2.45) is 0 Å². The molecule has 8 nitrogen and oxygen atoms in total. The highest BCUT2D eigenvalue weighted by Gasteiger charge is 2.07. The summed E-state index contributed by atoms with van der Waals surface area (Å²) in [6.45, 7) is 6.15. The number of aromatic nitrogens is 8. The second kappa shape index (κ2) is 9.86. The first kappa shape index (κ1) is 19.2. The first-order valence-corrected chi connectivity index (χ1v) is 10.4. The van der Waals surface area contributed by atoms with Gasteiger partial charge in [0.1, 0.15) is 24.8 Å². The topological polar surface area (TPSA) is 53.3 Å². The average molecular weight is 395 g/mol. The number of hydrogen-bond acceptors (Lipinski definition) is 2. The third-order valence-corrected chi connectivity index (χ3v) is 5.11. The number of aryl methyl sites for hydroxylation is 6. The summed E-state index contributed by atoms with van der Waals surface area (Å²) in [7, 11) is 0. The maximum atomic E-state index is 4.08. The number of hydrogen-bond donors (Lipinski definition) is 0. The molecule has 4 rings (SSSR count). The molecule has 0 aliphatic rings. The minimum atomic E-state index is 1.01. The molecular formula is C21H30N8+2. The van der Waals surface area contributed by atoms with E-state index >= 15 is 0 Å². The van der Waals surface area contributed by atoms with Crippen molar-refractivity contribution in [3.8, 4) is 0 Å². The van der Waals surface area contributed by atoms with Gasteiger partial charge in [0.25, 0.3) is 0 Å². The van der Waals surface area contributed by atoms with Gasteiger partial charge in [-0.2, -0.15) is 0 Å². The van der Waals surface area contributed by atoms with Crippen molar-refractivity contribution in [1.82, 2.24) is 28.2 Å². The van der Waals surface area contributed by atoms with Crippen molar-refractivity contribution in [1.29, 1.82) is 0 Å². The van der Waals surface area contributed by atoms with E-state index in [0.29, 0.717) is 0 Å². The fourth-order valence-corrected chi connectivity index (χ4v) is 3.55. The van der Waals surface area contributed by atoms with E-state index in [-0.39, 0.29) is 0 Å². The molecule has 152 valence electrons. The van der Waals surface area contributed by atoms with Crippen molar-refractivity contribution < 1.29 is 9.13 Å². The molecule has 0 N–H and O–H groups in total. The highest BCUT2D eigenvalue weighted by molar-refractivity contribution is 4.75. The van der Waals surface area contributed by atoms with Crippen molar-refractivity contribution >= 4 is 0 Å². The lowest BCUT2D eigenvalue weighted by atomic mass is 10.4. The van der Waals surface area contributed by atoms with Gasteiger partial charge in [0.05, 0.1) is 38.8 Å². The van der Waals surface area contributed by atoms with E-state index in [1.807, 2.05) is 37.4 Å². The van der Waals surface area contributed by atoms with Gasteiger partial charge in [-0.25, -0.2) is 28.2 Å². The average Bonchev–Trinajstić information content (AvgIpc) is 3.52. The van der Waals surface area contributed by atoms with Crippen LogP contribution in [0.1, 0.15) is 19.3 Å². The van der Waals surface area contributed by atoms with Gasteiger partial charge >= 0.3 is 0 Å². The quantitative estimate of drug-likeness (QED) is 0.342. The van der Waals surface area contributed by atoms with E-state index in [0.717, 1.165) is 58.5 Å². The summed E-state index contributed by atoms with van der Waals surface area (Å²) in [5.74, 6) is 0. The van der Waals surface area contributed by atoms with Crippen LogP contribution in [0.5, 0.6) is 0 Å². The molecule has 4 aromatic rings. The highest BCUT2D eigenvalue weighted by atomic mass is 15.1. The molecule has 0 bridgehead atoms. The molecule has 0 unspecified atom stereocenters. The van der Waals surface area contributed by atoms with Crippen LogP contribution in [0.25, 0.3) is 0 Å². The minimum Gasteiger partial charge on any atom is -0.337 e. The molecule has 0 aliphatic carbocycles. The van der Waals surface area contributed by atoms with Crippen LogP contribution in [-0.4, -0.2) is 28.2 Å². The van der Waals surface area contributed by atoms with Gasteiger partial charge < -0.3 is 9.13 Å². The third kappa shape index (κ3) is 5.91. The lowest BCUT2D eigenvalue weighted by Gasteiger charge is -2.00. The summed E-state index contributed by atoms with van der Waals surface area (Å²) in [5.41, 5.74) is 0. The third-order valence-electron chi connectivity index (χ3n) is 5.11. The maximum Gasteiger partial charge on any atom is 0.243 e. The molecular weight excluding hydrogens is 364 g/mol. The minimum absolute atomic E-state index is 1.01. The Morgan fingerprint density at radius 2 is 1.03 bits per heavy atom. The molecule has 29 heavy (non-hydrogen) atoms. The van der Waals surface area contributed by atoms with Crippen LogP contribution in [0, 0.1) is 0 Å². The smallest absolute Gasteiger partial charge is 0.243 e. The van der Waals surface area contributed by atoms with Crippen LogP contribution in [0.3, 0.4) is 0 Å². The van der Waals surface area contributed by atoms with Gasteiger partial charge in [-0.05, 0) is 0 Å². The zero-order valence-corrected chi connectivity index (χ0v) is 16.9. The SMILES string of the molecule is c1cn(CCCn2cc[n+](CCC[n+]3ccn(CCCn4ccnc4)c3)c2)cn1. The number of rotatable bonds is 12. The van der Waals surface area contributed by atoms with Crippen LogP contribution in [0.4, 0.5) is 0 Å². The highest BCUT2D eigenvalue weighted by Crippen LogP contribution is 1.97. The van der Waals surface area contributed by atoms with Crippen molar-refractivity contribution in [3.05, 3.63) is 74.9 Å². The summed E-state index contributed by atoms with van der Waals surface area (Å²) < 4.78 is 13.3. The van der Waals surface area contributed by atoms with E-state index < -0.39 is 0 Å². The molecule has 0 spiro atoms. The standard InChI is InChI=1S/C21H30N8/c1(6-24-12-4-22-18-24)8-26-14-16-28(20-26)10-3-11-29-17-15-27(21-29)9-2-7-25-13-5-23-19-25/h4-5,12-21H,1-3,6-11H2/q+2. The molecule has 0 saturated carbocycles. The van der Waals surface area contributed by atoms with Crippen LogP contribution < -0.4 is 9.13 Å². The lowest BCUT2D eigenvalue weighted by Crippen LogP contribution is -2.37. The molecule has 8 heteroatoms.